The number of anilines is 2. The highest BCUT2D eigenvalue weighted by Crippen LogP contribution is 2.31. The largest absolute Gasteiger partial charge is 0.358 e. The van der Waals surface area contributed by atoms with E-state index in [-0.39, 0.29) is 23.3 Å². The lowest BCUT2D eigenvalue weighted by molar-refractivity contribution is -0.114. The van der Waals surface area contributed by atoms with Crippen LogP contribution in [0.4, 0.5) is 11.4 Å². The van der Waals surface area contributed by atoms with Gasteiger partial charge >= 0.3 is 0 Å². The Morgan fingerprint density at radius 3 is 2.41 bits per heavy atom. The maximum Gasteiger partial charge on any atom is 0.234 e. The number of aromatic nitrogens is 1. The van der Waals surface area contributed by atoms with E-state index >= 15 is 0 Å². The monoisotopic (exact) mass is 504 g/mol. The molecule has 6 nitrogen and oxygen atoms in total. The molecule has 0 aliphatic carbocycles. The number of nitrogens with one attached hydrogen (secondary N) is 2. The molecule has 0 atom stereocenters. The van der Waals surface area contributed by atoms with Crippen LogP contribution in [-0.4, -0.2) is 50.6 Å². The van der Waals surface area contributed by atoms with E-state index in [0.29, 0.717) is 0 Å². The summed E-state index contributed by atoms with van der Waals surface area (Å²) in [4.78, 5) is 31.1. The highest BCUT2D eigenvalue weighted by molar-refractivity contribution is 8.23. The lowest BCUT2D eigenvalue weighted by atomic mass is 10.3. The summed E-state index contributed by atoms with van der Waals surface area (Å²) >= 11 is 9.65. The van der Waals surface area contributed by atoms with Crippen LogP contribution in [0.25, 0.3) is 10.2 Å². The van der Waals surface area contributed by atoms with Gasteiger partial charge in [0.15, 0.2) is 4.34 Å². The van der Waals surface area contributed by atoms with Crippen molar-refractivity contribution in [3.8, 4) is 0 Å². The third-order valence-electron chi connectivity index (χ3n) is 4.39. The van der Waals surface area contributed by atoms with Crippen molar-refractivity contribution in [1.82, 2.24) is 9.88 Å². The predicted octanol–water partition coefficient (Wildman–Crippen LogP) is 5.33. The van der Waals surface area contributed by atoms with Gasteiger partial charge in [0.2, 0.25) is 11.8 Å². The SMILES string of the molecule is CCN(CC)C(=S)SCC(=O)Nc1ccc2nc(SCC(=O)Nc3ccccc3)sc2c1. The molecule has 0 radical (unpaired) electrons. The second-order valence-corrected chi connectivity index (χ2v) is 10.5. The summed E-state index contributed by atoms with van der Waals surface area (Å²) in [6.07, 6.45) is 0. The van der Waals surface area contributed by atoms with Gasteiger partial charge < -0.3 is 15.5 Å². The van der Waals surface area contributed by atoms with E-state index in [2.05, 4.69) is 20.5 Å². The Morgan fingerprint density at radius 2 is 1.69 bits per heavy atom. The number of fused-ring (bicyclic) bond motifs is 1. The van der Waals surface area contributed by atoms with Crippen LogP contribution in [0.2, 0.25) is 0 Å². The Morgan fingerprint density at radius 1 is 1.00 bits per heavy atom. The van der Waals surface area contributed by atoms with E-state index < -0.39 is 0 Å². The number of hydrogen-bond acceptors (Lipinski definition) is 7. The summed E-state index contributed by atoms with van der Waals surface area (Å²) in [6, 6.07) is 15.0. The van der Waals surface area contributed by atoms with Crippen LogP contribution < -0.4 is 10.6 Å². The normalized spacial score (nSPS) is 10.7. The molecule has 0 aliphatic heterocycles. The van der Waals surface area contributed by atoms with Gasteiger partial charge in [0, 0.05) is 24.5 Å². The van der Waals surface area contributed by atoms with Crippen molar-refractivity contribution < 1.29 is 9.59 Å². The summed E-state index contributed by atoms with van der Waals surface area (Å²) < 4.78 is 2.51. The minimum Gasteiger partial charge on any atom is -0.358 e. The lowest BCUT2D eigenvalue weighted by Gasteiger charge is -2.20. The molecule has 32 heavy (non-hydrogen) atoms. The number of hydrogen-bond donors (Lipinski definition) is 2. The first-order valence-corrected chi connectivity index (χ1v) is 13.3. The zero-order valence-corrected chi connectivity index (χ0v) is 21.1. The van der Waals surface area contributed by atoms with Crippen LogP contribution in [0.1, 0.15) is 13.8 Å². The van der Waals surface area contributed by atoms with E-state index in [9.17, 15) is 9.59 Å². The number of thioether (sulfide) groups is 2. The molecule has 1 heterocycles. The van der Waals surface area contributed by atoms with Gasteiger partial charge in [-0.25, -0.2) is 4.98 Å². The number of carbonyl (C=O) groups is 2. The number of amides is 2. The van der Waals surface area contributed by atoms with Gasteiger partial charge in [-0.15, -0.1) is 11.3 Å². The highest BCUT2D eigenvalue weighted by atomic mass is 32.2. The van der Waals surface area contributed by atoms with Crippen LogP contribution >= 0.6 is 47.1 Å². The van der Waals surface area contributed by atoms with Crippen LogP contribution in [-0.2, 0) is 9.59 Å². The molecule has 0 saturated heterocycles. The third-order valence-corrected chi connectivity index (χ3v) is 8.07. The smallest absolute Gasteiger partial charge is 0.234 e. The summed E-state index contributed by atoms with van der Waals surface area (Å²) in [5.74, 6) is 0.379. The summed E-state index contributed by atoms with van der Waals surface area (Å²) in [7, 11) is 0. The molecule has 2 aromatic carbocycles. The maximum atomic E-state index is 12.3. The van der Waals surface area contributed by atoms with Crippen molar-refractivity contribution in [3.63, 3.8) is 0 Å². The number of nitrogens with zero attached hydrogens (tertiary/aromatic N) is 2. The minimum atomic E-state index is -0.0967. The molecule has 168 valence electrons. The van der Waals surface area contributed by atoms with E-state index in [0.717, 1.165) is 43.3 Å². The van der Waals surface area contributed by atoms with Gasteiger partial charge in [0.05, 0.1) is 21.7 Å². The van der Waals surface area contributed by atoms with Crippen molar-refractivity contribution >= 4 is 84.8 Å². The van der Waals surface area contributed by atoms with Gasteiger partial charge in [-0.2, -0.15) is 0 Å². The number of rotatable bonds is 9. The molecule has 0 aliphatic rings. The Hall–Kier alpha value is -2.14. The molecule has 0 spiro atoms. The van der Waals surface area contributed by atoms with E-state index in [1.54, 1.807) is 0 Å². The predicted molar refractivity (Wildman–Crippen MR) is 142 cm³/mol. The van der Waals surface area contributed by atoms with E-state index in [1.807, 2.05) is 62.4 Å². The average Bonchev–Trinajstić information content (AvgIpc) is 3.20. The van der Waals surface area contributed by atoms with E-state index in [4.69, 9.17) is 12.2 Å². The number of thiazole rings is 1. The number of para-hydroxylation sites is 1. The van der Waals surface area contributed by atoms with Crippen LogP contribution in [0.5, 0.6) is 0 Å². The van der Waals surface area contributed by atoms with Gasteiger partial charge in [0.1, 0.15) is 4.32 Å². The molecule has 2 amide bonds. The van der Waals surface area contributed by atoms with Crippen LogP contribution in [0, 0.1) is 0 Å². The standard InChI is InChI=1S/C22H24N4O2S4/c1-3-26(4-2)22(29)31-14-20(28)24-16-10-11-17-18(12-16)32-21(25-17)30-13-19(27)23-15-8-6-5-7-9-15/h5-12H,3-4,13-14H2,1-2H3,(H,23,27)(H,24,28). The van der Waals surface area contributed by atoms with Crippen molar-refractivity contribution in [2.75, 3.05) is 35.2 Å². The highest BCUT2D eigenvalue weighted by Gasteiger charge is 2.12. The quantitative estimate of drug-likeness (QED) is 0.302. The zero-order chi connectivity index (χ0) is 22.9. The lowest BCUT2D eigenvalue weighted by Crippen LogP contribution is -2.28. The molecular formula is C22H24N4O2S4. The van der Waals surface area contributed by atoms with Gasteiger partial charge in [-0.1, -0.05) is 53.9 Å². The molecule has 0 unspecified atom stereocenters. The molecular weight excluding hydrogens is 481 g/mol. The number of benzene rings is 2. The fourth-order valence-electron chi connectivity index (χ4n) is 2.79. The molecule has 3 aromatic rings. The summed E-state index contributed by atoms with van der Waals surface area (Å²) in [5, 5.41) is 5.79. The van der Waals surface area contributed by atoms with Crippen molar-refractivity contribution in [2.45, 2.75) is 18.2 Å². The second kappa shape index (κ2) is 12.2. The second-order valence-electron chi connectivity index (χ2n) is 6.64. The Balaban J connectivity index is 1.52. The zero-order valence-electron chi connectivity index (χ0n) is 17.8. The molecule has 2 N–H and O–H groups in total. The molecule has 0 saturated carbocycles. The first-order chi connectivity index (χ1) is 15.5. The topological polar surface area (TPSA) is 74.3 Å². The fourth-order valence-corrected chi connectivity index (χ4v) is 5.90. The molecule has 1 aromatic heterocycles. The molecule has 0 bridgehead atoms. The first kappa shape index (κ1) is 24.5. The van der Waals surface area contributed by atoms with Gasteiger partial charge in [0.25, 0.3) is 0 Å². The van der Waals surface area contributed by atoms with Crippen molar-refractivity contribution in [3.05, 3.63) is 48.5 Å². The average molecular weight is 505 g/mol. The Labute approximate surface area is 205 Å². The molecule has 10 heteroatoms. The fraction of sp³-hybridized carbons (Fsp3) is 0.273. The molecule has 3 rings (SSSR count). The van der Waals surface area contributed by atoms with Crippen LogP contribution in [0.3, 0.4) is 0 Å². The van der Waals surface area contributed by atoms with Crippen LogP contribution in [0.15, 0.2) is 52.9 Å². The Kier molecular flexibility index (Phi) is 9.34. The van der Waals surface area contributed by atoms with Gasteiger partial charge in [-0.3, -0.25) is 9.59 Å². The first-order valence-electron chi connectivity index (χ1n) is 10.1. The number of carbonyl (C=O) groups excluding carboxylic acids is 2. The van der Waals surface area contributed by atoms with E-state index in [1.165, 1.54) is 34.9 Å². The minimum absolute atomic E-state index is 0.0754. The number of thiocarbonyl (C=S) groups is 1. The van der Waals surface area contributed by atoms with Crippen molar-refractivity contribution in [1.29, 1.82) is 0 Å². The summed E-state index contributed by atoms with van der Waals surface area (Å²) in [6.45, 7) is 5.76. The van der Waals surface area contributed by atoms with Gasteiger partial charge in [-0.05, 0) is 44.2 Å². The maximum absolute atomic E-state index is 12.3. The third kappa shape index (κ3) is 7.19. The van der Waals surface area contributed by atoms with Crippen molar-refractivity contribution in [2.24, 2.45) is 0 Å². The molecule has 0 fully saturated rings. The Bertz CT molecular complexity index is 1080. The summed E-state index contributed by atoms with van der Waals surface area (Å²) in [5.41, 5.74) is 2.34.